The molecule has 0 radical (unpaired) electrons. The van der Waals surface area contributed by atoms with E-state index < -0.39 is 0 Å². The Kier molecular flexibility index (Phi) is 8.64. The third-order valence-electron chi connectivity index (χ3n) is 4.96. The lowest BCUT2D eigenvalue weighted by molar-refractivity contribution is -0.135. The largest absolute Gasteiger partial charge is 0.342 e. The molecule has 3 nitrogen and oxygen atoms in total. The van der Waals surface area contributed by atoms with Crippen LogP contribution in [0.1, 0.15) is 44.6 Å². The molecule has 1 aromatic rings. The topological polar surface area (TPSA) is 32.3 Å². The molecule has 3 unspecified atom stereocenters. The second-order valence-corrected chi connectivity index (χ2v) is 6.62. The first-order chi connectivity index (χ1) is 10.7. The van der Waals surface area contributed by atoms with Crippen LogP contribution in [-0.2, 0) is 4.79 Å². The van der Waals surface area contributed by atoms with Crippen molar-refractivity contribution >= 4 is 18.3 Å². The van der Waals surface area contributed by atoms with Gasteiger partial charge >= 0.3 is 0 Å². The number of halogens is 1. The first-order valence-corrected chi connectivity index (χ1v) is 8.65. The molecule has 1 aliphatic heterocycles. The van der Waals surface area contributed by atoms with Crippen molar-refractivity contribution in [3.8, 4) is 0 Å². The van der Waals surface area contributed by atoms with E-state index in [1.807, 2.05) is 25.2 Å². The van der Waals surface area contributed by atoms with Gasteiger partial charge in [-0.1, -0.05) is 50.6 Å². The molecule has 4 heteroatoms. The van der Waals surface area contributed by atoms with Crippen molar-refractivity contribution in [2.75, 3.05) is 26.7 Å². The molecule has 0 aromatic heterocycles. The SMILES string of the molecule is CCC(C)C(C(=O)N1CCCC(CNC)C1)c1ccccc1.Cl. The molecule has 0 aliphatic carbocycles. The van der Waals surface area contributed by atoms with Gasteiger partial charge in [0.05, 0.1) is 5.92 Å². The maximum atomic E-state index is 13.2. The molecule has 23 heavy (non-hydrogen) atoms. The zero-order valence-electron chi connectivity index (χ0n) is 14.6. The lowest BCUT2D eigenvalue weighted by atomic mass is 9.83. The molecule has 1 N–H and O–H groups in total. The molecule has 0 bridgehead atoms. The van der Waals surface area contributed by atoms with Crippen molar-refractivity contribution < 1.29 is 4.79 Å². The van der Waals surface area contributed by atoms with E-state index in [1.165, 1.54) is 6.42 Å². The Bertz CT molecular complexity index is 464. The van der Waals surface area contributed by atoms with Crippen LogP contribution in [0.5, 0.6) is 0 Å². The van der Waals surface area contributed by atoms with Gasteiger partial charge in [-0.2, -0.15) is 0 Å². The summed E-state index contributed by atoms with van der Waals surface area (Å²) >= 11 is 0. The summed E-state index contributed by atoms with van der Waals surface area (Å²) in [5, 5.41) is 3.25. The average Bonchev–Trinajstić information content (AvgIpc) is 2.56. The number of carbonyl (C=O) groups is 1. The van der Waals surface area contributed by atoms with Crippen LogP contribution in [0.2, 0.25) is 0 Å². The quantitative estimate of drug-likeness (QED) is 0.857. The molecular formula is C19H31ClN2O. The van der Waals surface area contributed by atoms with Crippen LogP contribution in [0.25, 0.3) is 0 Å². The molecule has 0 spiro atoms. The fraction of sp³-hybridized carbons (Fsp3) is 0.632. The predicted octanol–water partition coefficient (Wildman–Crippen LogP) is 3.70. The Morgan fingerprint density at radius 3 is 2.65 bits per heavy atom. The van der Waals surface area contributed by atoms with Crippen LogP contribution in [0.4, 0.5) is 0 Å². The molecule has 1 amide bonds. The first kappa shape index (κ1) is 20.0. The third kappa shape index (κ3) is 5.22. The molecule has 0 saturated carbocycles. The van der Waals surface area contributed by atoms with E-state index in [9.17, 15) is 4.79 Å². The minimum atomic E-state index is -0.000430. The van der Waals surface area contributed by atoms with Gasteiger partial charge in [0.2, 0.25) is 5.91 Å². The van der Waals surface area contributed by atoms with E-state index in [1.54, 1.807) is 0 Å². The third-order valence-corrected chi connectivity index (χ3v) is 4.96. The number of hydrogen-bond acceptors (Lipinski definition) is 2. The van der Waals surface area contributed by atoms with Crippen LogP contribution in [0.3, 0.4) is 0 Å². The fourth-order valence-electron chi connectivity index (χ4n) is 3.53. The van der Waals surface area contributed by atoms with Gasteiger partial charge < -0.3 is 10.2 Å². The molecule has 1 fully saturated rings. The lowest BCUT2D eigenvalue weighted by Crippen LogP contribution is -2.45. The fourth-order valence-corrected chi connectivity index (χ4v) is 3.53. The molecule has 130 valence electrons. The molecule has 1 saturated heterocycles. The van der Waals surface area contributed by atoms with Gasteiger partial charge in [0.1, 0.15) is 0 Å². The molecule has 2 rings (SSSR count). The molecule has 1 heterocycles. The van der Waals surface area contributed by atoms with Crippen LogP contribution >= 0.6 is 12.4 Å². The highest BCUT2D eigenvalue weighted by molar-refractivity contribution is 5.85. The zero-order valence-corrected chi connectivity index (χ0v) is 15.4. The monoisotopic (exact) mass is 338 g/mol. The highest BCUT2D eigenvalue weighted by Crippen LogP contribution is 2.30. The summed E-state index contributed by atoms with van der Waals surface area (Å²) in [5.74, 6) is 1.29. The first-order valence-electron chi connectivity index (χ1n) is 8.65. The summed E-state index contributed by atoms with van der Waals surface area (Å²) in [4.78, 5) is 15.3. The van der Waals surface area contributed by atoms with Crippen molar-refractivity contribution in [2.24, 2.45) is 11.8 Å². The minimum absolute atomic E-state index is 0. The maximum Gasteiger partial charge on any atom is 0.230 e. The molecular weight excluding hydrogens is 308 g/mol. The Labute approximate surface area is 147 Å². The summed E-state index contributed by atoms with van der Waals surface area (Å²) in [5.41, 5.74) is 1.16. The summed E-state index contributed by atoms with van der Waals surface area (Å²) in [6.07, 6.45) is 3.38. The standard InChI is InChI=1S/C19H30N2O.ClH/c1-4-15(2)18(17-10-6-5-7-11-17)19(22)21-12-8-9-16(14-21)13-20-3;/h5-7,10-11,15-16,18,20H,4,8-9,12-14H2,1-3H3;1H. The maximum absolute atomic E-state index is 13.2. The smallest absolute Gasteiger partial charge is 0.230 e. The Morgan fingerprint density at radius 2 is 2.04 bits per heavy atom. The second kappa shape index (κ2) is 9.94. The molecule has 1 aliphatic rings. The number of amides is 1. The number of benzene rings is 1. The Morgan fingerprint density at radius 1 is 1.35 bits per heavy atom. The lowest BCUT2D eigenvalue weighted by Gasteiger charge is -2.36. The minimum Gasteiger partial charge on any atom is -0.342 e. The van der Waals surface area contributed by atoms with E-state index in [0.717, 1.165) is 38.0 Å². The van der Waals surface area contributed by atoms with Crippen LogP contribution in [0, 0.1) is 11.8 Å². The predicted molar refractivity (Wildman–Crippen MR) is 99.1 cm³/mol. The van der Waals surface area contributed by atoms with Gasteiger partial charge in [0.25, 0.3) is 0 Å². The zero-order chi connectivity index (χ0) is 15.9. The Hall–Kier alpha value is -1.06. The van der Waals surface area contributed by atoms with E-state index in [4.69, 9.17) is 0 Å². The normalized spacial score (nSPS) is 20.5. The summed E-state index contributed by atoms with van der Waals surface area (Å²) < 4.78 is 0. The number of hydrogen-bond donors (Lipinski definition) is 1. The van der Waals surface area contributed by atoms with Crippen molar-refractivity contribution in [1.82, 2.24) is 10.2 Å². The van der Waals surface area contributed by atoms with Gasteiger partial charge in [0.15, 0.2) is 0 Å². The number of likely N-dealkylation sites (tertiary alicyclic amines) is 1. The number of piperidine rings is 1. The van der Waals surface area contributed by atoms with Gasteiger partial charge in [0, 0.05) is 13.1 Å². The molecule has 3 atom stereocenters. The van der Waals surface area contributed by atoms with E-state index in [0.29, 0.717) is 17.7 Å². The summed E-state index contributed by atoms with van der Waals surface area (Å²) in [6, 6.07) is 10.3. The van der Waals surface area contributed by atoms with E-state index in [-0.39, 0.29) is 18.3 Å². The number of carbonyl (C=O) groups excluding carboxylic acids is 1. The number of rotatable bonds is 6. The van der Waals surface area contributed by atoms with Gasteiger partial charge in [-0.25, -0.2) is 0 Å². The highest BCUT2D eigenvalue weighted by Gasteiger charge is 2.32. The average molecular weight is 339 g/mol. The van der Waals surface area contributed by atoms with Crippen LogP contribution < -0.4 is 5.32 Å². The number of nitrogens with one attached hydrogen (secondary N) is 1. The van der Waals surface area contributed by atoms with Crippen molar-refractivity contribution in [3.05, 3.63) is 35.9 Å². The van der Waals surface area contributed by atoms with Gasteiger partial charge in [-0.05, 0) is 43.8 Å². The summed E-state index contributed by atoms with van der Waals surface area (Å²) in [7, 11) is 1.99. The highest BCUT2D eigenvalue weighted by atomic mass is 35.5. The Balaban J connectivity index is 0.00000264. The van der Waals surface area contributed by atoms with Crippen molar-refractivity contribution in [3.63, 3.8) is 0 Å². The van der Waals surface area contributed by atoms with Crippen LogP contribution in [-0.4, -0.2) is 37.5 Å². The summed E-state index contributed by atoms with van der Waals surface area (Å²) in [6.45, 7) is 7.19. The van der Waals surface area contributed by atoms with E-state index in [2.05, 4.69) is 36.2 Å². The van der Waals surface area contributed by atoms with Crippen molar-refractivity contribution in [2.45, 2.75) is 39.0 Å². The van der Waals surface area contributed by atoms with Crippen molar-refractivity contribution in [1.29, 1.82) is 0 Å². The number of nitrogens with zero attached hydrogens (tertiary/aromatic N) is 1. The van der Waals surface area contributed by atoms with Gasteiger partial charge in [-0.3, -0.25) is 4.79 Å². The second-order valence-electron chi connectivity index (χ2n) is 6.62. The van der Waals surface area contributed by atoms with Crippen LogP contribution in [0.15, 0.2) is 30.3 Å². The molecule has 1 aromatic carbocycles. The van der Waals surface area contributed by atoms with Gasteiger partial charge in [-0.15, -0.1) is 12.4 Å². The van der Waals surface area contributed by atoms with E-state index >= 15 is 0 Å².